The van der Waals surface area contributed by atoms with Crippen molar-refractivity contribution in [1.82, 2.24) is 15.1 Å². The molecule has 4 nitrogen and oxygen atoms in total. The lowest BCUT2D eigenvalue weighted by atomic mass is 10.3. The van der Waals surface area contributed by atoms with Gasteiger partial charge in [-0.1, -0.05) is 0 Å². The maximum Gasteiger partial charge on any atom is 0.168 e. The van der Waals surface area contributed by atoms with Crippen LogP contribution in [0.25, 0.3) is 0 Å². The van der Waals surface area contributed by atoms with E-state index in [0.29, 0.717) is 0 Å². The van der Waals surface area contributed by atoms with Gasteiger partial charge < -0.3 is 15.0 Å². The molecule has 0 atom stereocenters. The highest BCUT2D eigenvalue weighted by atomic mass is 32.1. The van der Waals surface area contributed by atoms with Crippen LogP contribution in [0.3, 0.4) is 0 Å². The van der Waals surface area contributed by atoms with Gasteiger partial charge in [-0.3, -0.25) is 4.90 Å². The van der Waals surface area contributed by atoms with Gasteiger partial charge in [0.15, 0.2) is 5.11 Å². The van der Waals surface area contributed by atoms with E-state index in [4.69, 9.17) is 17.0 Å². The van der Waals surface area contributed by atoms with Gasteiger partial charge >= 0.3 is 0 Å². The zero-order valence-corrected chi connectivity index (χ0v) is 11.9. The molecule has 100 valence electrons. The summed E-state index contributed by atoms with van der Waals surface area (Å²) in [6, 6.07) is 0. The summed E-state index contributed by atoms with van der Waals surface area (Å²) < 4.78 is 5.32. The Balaban J connectivity index is 2.04. The molecule has 1 rings (SSSR count). The molecule has 0 unspecified atom stereocenters. The first-order chi connectivity index (χ1) is 8.27. The summed E-state index contributed by atoms with van der Waals surface area (Å²) in [5.74, 6) is 0. The number of nitrogens with one attached hydrogen (secondary N) is 1. The Hall–Kier alpha value is -0.390. The summed E-state index contributed by atoms with van der Waals surface area (Å²) in [7, 11) is 0. The SMILES string of the molecule is CCN(CC)C(=S)NCCCN1CCOCC1. The lowest BCUT2D eigenvalue weighted by molar-refractivity contribution is 0.0376. The van der Waals surface area contributed by atoms with Crippen molar-refractivity contribution in [2.24, 2.45) is 0 Å². The first-order valence-corrected chi connectivity index (χ1v) is 7.01. The lowest BCUT2D eigenvalue weighted by Gasteiger charge is -2.27. The Labute approximate surface area is 110 Å². The third-order valence-corrected chi connectivity index (χ3v) is 3.48. The summed E-state index contributed by atoms with van der Waals surface area (Å²) in [6.45, 7) is 12.2. The minimum absolute atomic E-state index is 0.880. The molecule has 5 heteroatoms. The van der Waals surface area contributed by atoms with Gasteiger partial charge in [0.25, 0.3) is 0 Å². The van der Waals surface area contributed by atoms with Crippen molar-refractivity contribution in [2.75, 3.05) is 52.5 Å². The topological polar surface area (TPSA) is 27.7 Å². The number of ether oxygens (including phenoxy) is 1. The first kappa shape index (κ1) is 14.7. The maximum absolute atomic E-state index is 5.32. The Morgan fingerprint density at radius 2 is 1.94 bits per heavy atom. The second kappa shape index (κ2) is 8.66. The molecule has 1 heterocycles. The van der Waals surface area contributed by atoms with E-state index in [1.54, 1.807) is 0 Å². The van der Waals surface area contributed by atoms with Crippen LogP contribution in [0.2, 0.25) is 0 Å². The molecule has 0 aliphatic carbocycles. The van der Waals surface area contributed by atoms with Gasteiger partial charge in [0, 0.05) is 32.7 Å². The largest absolute Gasteiger partial charge is 0.379 e. The van der Waals surface area contributed by atoms with Gasteiger partial charge in [0.1, 0.15) is 0 Å². The molecule has 1 fully saturated rings. The van der Waals surface area contributed by atoms with Gasteiger partial charge in [-0.15, -0.1) is 0 Å². The van der Waals surface area contributed by atoms with E-state index in [-0.39, 0.29) is 0 Å². The van der Waals surface area contributed by atoms with Crippen molar-refractivity contribution in [3.8, 4) is 0 Å². The van der Waals surface area contributed by atoms with Crippen LogP contribution in [-0.2, 0) is 4.74 Å². The van der Waals surface area contributed by atoms with Crippen molar-refractivity contribution in [3.63, 3.8) is 0 Å². The fourth-order valence-corrected chi connectivity index (χ4v) is 2.31. The van der Waals surface area contributed by atoms with Crippen LogP contribution in [0.4, 0.5) is 0 Å². The van der Waals surface area contributed by atoms with Crippen molar-refractivity contribution in [3.05, 3.63) is 0 Å². The van der Waals surface area contributed by atoms with Crippen LogP contribution in [0.5, 0.6) is 0 Å². The second-order valence-electron chi connectivity index (χ2n) is 4.21. The van der Waals surface area contributed by atoms with E-state index in [2.05, 4.69) is 29.0 Å². The molecule has 0 radical (unpaired) electrons. The molecular formula is C12H25N3OS. The second-order valence-corrected chi connectivity index (χ2v) is 4.60. The predicted molar refractivity (Wildman–Crippen MR) is 75.4 cm³/mol. The zero-order chi connectivity index (χ0) is 12.5. The number of hydrogen-bond acceptors (Lipinski definition) is 3. The molecule has 0 aromatic carbocycles. The van der Waals surface area contributed by atoms with Gasteiger partial charge in [-0.05, 0) is 39.0 Å². The third kappa shape index (κ3) is 5.66. The van der Waals surface area contributed by atoms with Crippen molar-refractivity contribution >= 4 is 17.3 Å². The maximum atomic E-state index is 5.32. The van der Waals surface area contributed by atoms with Crippen LogP contribution in [0.1, 0.15) is 20.3 Å². The fraction of sp³-hybridized carbons (Fsp3) is 0.917. The van der Waals surface area contributed by atoms with Crippen molar-refractivity contribution in [2.45, 2.75) is 20.3 Å². The quantitative estimate of drug-likeness (QED) is 0.566. The normalized spacial score (nSPS) is 16.8. The molecule has 17 heavy (non-hydrogen) atoms. The predicted octanol–water partition coefficient (Wildman–Crippen LogP) is 0.925. The fourth-order valence-electron chi connectivity index (χ4n) is 1.95. The van der Waals surface area contributed by atoms with Crippen molar-refractivity contribution in [1.29, 1.82) is 0 Å². The van der Waals surface area contributed by atoms with E-state index in [1.807, 2.05) is 0 Å². The summed E-state index contributed by atoms with van der Waals surface area (Å²) in [6.07, 6.45) is 1.14. The van der Waals surface area contributed by atoms with Crippen LogP contribution >= 0.6 is 12.2 Å². The monoisotopic (exact) mass is 259 g/mol. The van der Waals surface area contributed by atoms with Gasteiger partial charge in [0.05, 0.1) is 13.2 Å². The highest BCUT2D eigenvalue weighted by Gasteiger charge is 2.09. The molecule has 0 saturated carbocycles. The summed E-state index contributed by atoms with van der Waals surface area (Å²) in [5, 5.41) is 4.21. The van der Waals surface area contributed by atoms with Gasteiger partial charge in [0.2, 0.25) is 0 Å². The molecule has 0 aromatic heterocycles. The van der Waals surface area contributed by atoms with Crippen LogP contribution < -0.4 is 5.32 Å². The molecule has 0 bridgehead atoms. The van der Waals surface area contributed by atoms with Gasteiger partial charge in [-0.2, -0.15) is 0 Å². The first-order valence-electron chi connectivity index (χ1n) is 6.60. The number of nitrogens with zero attached hydrogens (tertiary/aromatic N) is 2. The molecule has 1 aliphatic heterocycles. The number of hydrogen-bond donors (Lipinski definition) is 1. The average molecular weight is 259 g/mol. The standard InChI is InChI=1S/C12H25N3OS/c1-3-15(4-2)12(17)13-6-5-7-14-8-10-16-11-9-14/h3-11H2,1-2H3,(H,13,17). The smallest absolute Gasteiger partial charge is 0.168 e. The molecule has 1 aliphatic rings. The molecular weight excluding hydrogens is 234 g/mol. The Bertz CT molecular complexity index is 216. The van der Waals surface area contributed by atoms with E-state index in [9.17, 15) is 0 Å². The minimum atomic E-state index is 0.880. The van der Waals surface area contributed by atoms with E-state index < -0.39 is 0 Å². The Kier molecular flexibility index (Phi) is 7.48. The van der Waals surface area contributed by atoms with E-state index in [0.717, 1.165) is 64.0 Å². The molecule has 0 spiro atoms. The summed E-state index contributed by atoms with van der Waals surface area (Å²) in [4.78, 5) is 4.62. The van der Waals surface area contributed by atoms with Crippen LogP contribution in [0.15, 0.2) is 0 Å². The number of rotatable bonds is 6. The average Bonchev–Trinajstić information content (AvgIpc) is 2.37. The Morgan fingerprint density at radius 3 is 2.53 bits per heavy atom. The van der Waals surface area contributed by atoms with Crippen LogP contribution in [-0.4, -0.2) is 67.4 Å². The Morgan fingerprint density at radius 1 is 1.29 bits per heavy atom. The highest BCUT2D eigenvalue weighted by Crippen LogP contribution is 1.97. The van der Waals surface area contributed by atoms with Crippen molar-refractivity contribution < 1.29 is 4.74 Å². The zero-order valence-electron chi connectivity index (χ0n) is 11.1. The van der Waals surface area contributed by atoms with E-state index in [1.165, 1.54) is 0 Å². The molecule has 0 amide bonds. The summed E-state index contributed by atoms with van der Waals surface area (Å²) in [5.41, 5.74) is 0. The molecule has 1 saturated heterocycles. The number of morpholine rings is 1. The van der Waals surface area contributed by atoms with E-state index >= 15 is 0 Å². The minimum Gasteiger partial charge on any atom is -0.379 e. The lowest BCUT2D eigenvalue weighted by Crippen LogP contribution is -2.41. The van der Waals surface area contributed by atoms with Gasteiger partial charge in [-0.25, -0.2) is 0 Å². The highest BCUT2D eigenvalue weighted by molar-refractivity contribution is 7.80. The third-order valence-electron chi connectivity index (χ3n) is 3.08. The summed E-state index contributed by atoms with van der Waals surface area (Å²) >= 11 is 5.32. The number of thiocarbonyl (C=S) groups is 1. The molecule has 0 aromatic rings. The van der Waals surface area contributed by atoms with Crippen LogP contribution in [0, 0.1) is 0 Å². The molecule has 1 N–H and O–H groups in total.